The smallest absolute Gasteiger partial charge is 0.399 e. The van der Waals surface area contributed by atoms with E-state index >= 15 is 0 Å². The van der Waals surface area contributed by atoms with E-state index in [0.29, 0.717) is 17.2 Å². The van der Waals surface area contributed by atoms with Crippen molar-refractivity contribution in [2.75, 3.05) is 5.32 Å². The number of nitrogens with two attached hydrogens (primary N) is 1. The summed E-state index contributed by atoms with van der Waals surface area (Å²) >= 11 is 5.89. The quantitative estimate of drug-likeness (QED) is 0.752. The summed E-state index contributed by atoms with van der Waals surface area (Å²) in [5, 5.41) is 2.45. The van der Waals surface area contributed by atoms with Gasteiger partial charge in [-0.2, -0.15) is 13.2 Å². The van der Waals surface area contributed by atoms with E-state index in [-0.39, 0.29) is 5.56 Å². The Hall–Kier alpha value is -3.00. The van der Waals surface area contributed by atoms with Crippen LogP contribution in [0, 0.1) is 6.92 Å². The molecule has 1 aromatic carbocycles. The third kappa shape index (κ3) is 4.22. The zero-order chi connectivity index (χ0) is 21.3. The maximum atomic E-state index is 13.1. The van der Waals surface area contributed by atoms with Gasteiger partial charge in [0.15, 0.2) is 0 Å². The van der Waals surface area contributed by atoms with E-state index in [2.05, 4.69) is 10.3 Å². The molecule has 5 nitrogen and oxygen atoms in total. The van der Waals surface area contributed by atoms with Gasteiger partial charge in [0, 0.05) is 12.4 Å². The molecule has 0 saturated heterocycles. The van der Waals surface area contributed by atoms with Crippen molar-refractivity contribution in [3.63, 3.8) is 0 Å². The van der Waals surface area contributed by atoms with Gasteiger partial charge in [-0.25, -0.2) is 4.98 Å². The number of nitrogens with zero attached hydrogens (tertiary/aromatic N) is 2. The highest BCUT2D eigenvalue weighted by molar-refractivity contribution is 6.34. The second kappa shape index (κ2) is 7.79. The lowest BCUT2D eigenvalue weighted by atomic mass is 10.0. The van der Waals surface area contributed by atoms with Crippen molar-refractivity contribution in [2.24, 2.45) is 5.73 Å². The van der Waals surface area contributed by atoms with Gasteiger partial charge >= 0.3 is 6.18 Å². The number of rotatable bonds is 3. The Morgan fingerprint density at radius 2 is 2.03 bits per heavy atom. The first-order valence-electron chi connectivity index (χ1n) is 8.65. The molecule has 29 heavy (non-hydrogen) atoms. The fraction of sp³-hybridized carbons (Fsp3) is 0.200. The summed E-state index contributed by atoms with van der Waals surface area (Å²) in [7, 11) is 0. The van der Waals surface area contributed by atoms with Crippen molar-refractivity contribution in [1.29, 1.82) is 0 Å². The van der Waals surface area contributed by atoms with Crippen molar-refractivity contribution in [3.05, 3.63) is 81.9 Å². The average molecular weight is 423 g/mol. The Labute approximate surface area is 170 Å². The average Bonchev–Trinajstić information content (AvgIpc) is 2.64. The molecule has 1 aromatic heterocycles. The maximum Gasteiger partial charge on any atom is 0.417 e. The van der Waals surface area contributed by atoms with Crippen LogP contribution < -0.4 is 11.1 Å². The number of benzene rings is 1. The lowest BCUT2D eigenvalue weighted by molar-refractivity contribution is -0.137. The first-order chi connectivity index (χ1) is 13.6. The molecule has 1 unspecified atom stereocenters. The molecule has 2 aromatic rings. The molecule has 1 aliphatic rings. The molecule has 0 fully saturated rings. The van der Waals surface area contributed by atoms with E-state index in [9.17, 15) is 18.0 Å². The first kappa shape index (κ1) is 20.7. The minimum Gasteiger partial charge on any atom is -0.399 e. The SMILES string of the molecule is Cc1ccnc(NC2=C(N)C(C)N(C(=O)c3cccc(C(F)(F)F)c3Cl)C=C2)c1. The molecule has 152 valence electrons. The third-order valence-corrected chi connectivity index (χ3v) is 4.93. The summed E-state index contributed by atoms with van der Waals surface area (Å²) in [5.41, 5.74) is 6.77. The Bertz CT molecular complexity index is 1020. The van der Waals surface area contributed by atoms with Crippen LogP contribution in [0.25, 0.3) is 0 Å². The van der Waals surface area contributed by atoms with Gasteiger partial charge in [-0.3, -0.25) is 4.79 Å². The van der Waals surface area contributed by atoms with Crippen LogP contribution in [-0.4, -0.2) is 21.8 Å². The molecule has 1 amide bonds. The summed E-state index contributed by atoms with van der Waals surface area (Å²) in [6.07, 6.45) is 0.0141. The largest absolute Gasteiger partial charge is 0.417 e. The van der Waals surface area contributed by atoms with Crippen molar-refractivity contribution < 1.29 is 18.0 Å². The van der Waals surface area contributed by atoms with Crippen molar-refractivity contribution in [2.45, 2.75) is 26.1 Å². The van der Waals surface area contributed by atoms with Gasteiger partial charge < -0.3 is 16.0 Å². The number of anilines is 1. The summed E-state index contributed by atoms with van der Waals surface area (Å²) in [5.74, 6) is -0.0963. The second-order valence-corrected chi connectivity index (χ2v) is 6.96. The Balaban J connectivity index is 1.87. The fourth-order valence-electron chi connectivity index (χ4n) is 2.91. The second-order valence-electron chi connectivity index (χ2n) is 6.58. The molecule has 0 bridgehead atoms. The molecule has 0 spiro atoms. The van der Waals surface area contributed by atoms with Gasteiger partial charge in [-0.15, -0.1) is 0 Å². The van der Waals surface area contributed by atoms with Gasteiger partial charge in [0.25, 0.3) is 5.91 Å². The van der Waals surface area contributed by atoms with Gasteiger partial charge in [0.05, 0.1) is 33.6 Å². The molecular formula is C20H18ClF3N4O. The predicted molar refractivity (Wildman–Crippen MR) is 105 cm³/mol. The van der Waals surface area contributed by atoms with Crippen LogP contribution in [0.3, 0.4) is 0 Å². The van der Waals surface area contributed by atoms with Crippen LogP contribution in [-0.2, 0) is 6.18 Å². The Morgan fingerprint density at radius 3 is 2.69 bits per heavy atom. The van der Waals surface area contributed by atoms with Crippen molar-refractivity contribution in [1.82, 2.24) is 9.88 Å². The van der Waals surface area contributed by atoms with Crippen molar-refractivity contribution in [3.8, 4) is 0 Å². The number of alkyl halides is 3. The fourth-order valence-corrected chi connectivity index (χ4v) is 3.22. The monoisotopic (exact) mass is 422 g/mol. The highest BCUT2D eigenvalue weighted by atomic mass is 35.5. The van der Waals surface area contributed by atoms with Crippen molar-refractivity contribution >= 4 is 23.3 Å². The summed E-state index contributed by atoms with van der Waals surface area (Å²) in [4.78, 5) is 18.3. The molecule has 3 N–H and O–H groups in total. The van der Waals surface area contributed by atoms with Crippen LogP contribution in [0.5, 0.6) is 0 Å². The highest BCUT2D eigenvalue weighted by Crippen LogP contribution is 2.37. The van der Waals surface area contributed by atoms with E-state index < -0.39 is 28.7 Å². The third-order valence-electron chi connectivity index (χ3n) is 4.53. The molecule has 2 heterocycles. The summed E-state index contributed by atoms with van der Waals surface area (Å²) in [6, 6.07) is 6.31. The van der Waals surface area contributed by atoms with Gasteiger partial charge in [0.1, 0.15) is 5.82 Å². The van der Waals surface area contributed by atoms with Crippen LogP contribution in [0.15, 0.2) is 60.2 Å². The zero-order valence-electron chi connectivity index (χ0n) is 15.6. The van der Waals surface area contributed by atoms with Gasteiger partial charge in [0.2, 0.25) is 0 Å². The number of carbonyl (C=O) groups is 1. The standard InChI is InChI=1S/C20H18ClF3N4O/c1-11-6-8-26-16(10-11)27-15-7-9-28(12(2)18(15)25)19(29)13-4-3-5-14(17(13)21)20(22,23)24/h3-10,12H,25H2,1-2H3,(H,26,27). The molecule has 1 aliphatic heterocycles. The van der Waals surface area contributed by atoms with Gasteiger partial charge in [-0.1, -0.05) is 17.7 Å². The Morgan fingerprint density at radius 1 is 1.31 bits per heavy atom. The number of hydrogen-bond donors (Lipinski definition) is 2. The number of nitrogens with one attached hydrogen (secondary N) is 1. The van der Waals surface area contributed by atoms with Crippen LogP contribution in [0.4, 0.5) is 19.0 Å². The number of aromatic nitrogens is 1. The lowest BCUT2D eigenvalue weighted by Gasteiger charge is -2.31. The van der Waals surface area contributed by atoms with Gasteiger partial charge in [-0.05, 0) is 49.8 Å². The number of hydrogen-bond acceptors (Lipinski definition) is 4. The normalized spacial score (nSPS) is 16.9. The zero-order valence-corrected chi connectivity index (χ0v) is 16.3. The molecule has 0 radical (unpaired) electrons. The molecular weight excluding hydrogens is 405 g/mol. The summed E-state index contributed by atoms with van der Waals surface area (Å²) < 4.78 is 39.3. The van der Waals surface area contributed by atoms with E-state index in [1.165, 1.54) is 17.2 Å². The Kier molecular flexibility index (Phi) is 5.57. The molecule has 1 atom stereocenters. The van der Waals surface area contributed by atoms with Crippen LogP contribution in [0.2, 0.25) is 5.02 Å². The van der Waals surface area contributed by atoms with E-state index in [0.717, 1.165) is 17.7 Å². The molecule has 9 heteroatoms. The minimum absolute atomic E-state index is 0.248. The number of amides is 1. The number of aryl methyl sites for hydroxylation is 1. The number of allylic oxidation sites excluding steroid dienone is 1. The van der Waals surface area contributed by atoms with E-state index in [1.807, 2.05) is 19.1 Å². The summed E-state index contributed by atoms with van der Waals surface area (Å²) in [6.45, 7) is 3.59. The number of pyridine rings is 1. The van der Waals surface area contributed by atoms with Crippen LogP contribution >= 0.6 is 11.6 Å². The number of carbonyl (C=O) groups excluding carboxylic acids is 1. The van der Waals surface area contributed by atoms with Crippen LogP contribution in [0.1, 0.15) is 28.4 Å². The first-order valence-corrected chi connectivity index (χ1v) is 9.03. The lowest BCUT2D eigenvalue weighted by Crippen LogP contribution is -2.41. The topological polar surface area (TPSA) is 71.2 Å². The minimum atomic E-state index is -4.66. The molecule has 0 saturated carbocycles. The van der Waals surface area contributed by atoms with E-state index in [1.54, 1.807) is 19.2 Å². The predicted octanol–water partition coefficient (Wildman–Crippen LogP) is 4.70. The van der Waals surface area contributed by atoms with E-state index in [4.69, 9.17) is 17.3 Å². The highest BCUT2D eigenvalue weighted by Gasteiger charge is 2.36. The number of halogens is 4. The molecule has 3 rings (SSSR count). The molecule has 0 aliphatic carbocycles. The maximum absolute atomic E-state index is 13.1.